The van der Waals surface area contributed by atoms with E-state index in [1.54, 1.807) is 4.90 Å². The van der Waals surface area contributed by atoms with Crippen molar-refractivity contribution in [2.45, 2.75) is 37.1 Å². The lowest BCUT2D eigenvalue weighted by Crippen LogP contribution is -2.34. The third-order valence-corrected chi connectivity index (χ3v) is 5.22. The molecule has 1 aromatic carbocycles. The highest BCUT2D eigenvalue weighted by Gasteiger charge is 2.34. The van der Waals surface area contributed by atoms with Crippen molar-refractivity contribution in [1.29, 1.82) is 0 Å². The Balaban J connectivity index is 2.45. The molecule has 1 saturated carbocycles. The number of benzene rings is 1. The zero-order chi connectivity index (χ0) is 15.8. The first kappa shape index (κ1) is 16.7. The van der Waals surface area contributed by atoms with Gasteiger partial charge in [-0.15, -0.1) is 0 Å². The van der Waals surface area contributed by atoms with Gasteiger partial charge in [0.1, 0.15) is 10.7 Å². The summed E-state index contributed by atoms with van der Waals surface area (Å²) in [4.78, 5) is 13.6. The van der Waals surface area contributed by atoms with Gasteiger partial charge < -0.3 is 4.90 Å². The fraction of sp³-hybridized carbons (Fsp3) is 0.462. The van der Waals surface area contributed by atoms with Crippen LogP contribution in [-0.2, 0) is 9.05 Å². The minimum Gasteiger partial charge on any atom is -0.336 e. The maximum absolute atomic E-state index is 13.7. The minimum atomic E-state index is -4.24. The van der Waals surface area contributed by atoms with Crippen LogP contribution in [0.25, 0.3) is 0 Å². The van der Waals surface area contributed by atoms with Crippen molar-refractivity contribution >= 4 is 41.6 Å². The highest BCUT2D eigenvalue weighted by atomic mass is 79.9. The van der Waals surface area contributed by atoms with E-state index in [9.17, 15) is 17.6 Å². The molecule has 1 aliphatic carbocycles. The lowest BCUT2D eigenvalue weighted by molar-refractivity contribution is 0.0742. The van der Waals surface area contributed by atoms with Gasteiger partial charge in [-0.05, 0) is 47.3 Å². The Morgan fingerprint density at radius 1 is 1.48 bits per heavy atom. The molecule has 0 saturated heterocycles. The van der Waals surface area contributed by atoms with Gasteiger partial charge in [-0.1, -0.05) is 6.92 Å². The van der Waals surface area contributed by atoms with Crippen molar-refractivity contribution < 1.29 is 17.6 Å². The molecule has 1 aromatic rings. The largest absolute Gasteiger partial charge is 0.336 e. The Kier molecular flexibility index (Phi) is 4.95. The smallest absolute Gasteiger partial charge is 0.264 e. The first-order chi connectivity index (χ1) is 9.75. The van der Waals surface area contributed by atoms with Crippen molar-refractivity contribution in [3.63, 3.8) is 0 Å². The first-order valence-corrected chi connectivity index (χ1v) is 9.60. The molecule has 0 bridgehead atoms. The van der Waals surface area contributed by atoms with Crippen LogP contribution in [0.5, 0.6) is 0 Å². The normalized spacial score (nSPS) is 15.0. The summed E-state index contributed by atoms with van der Waals surface area (Å²) in [5.74, 6) is -1.30. The van der Waals surface area contributed by atoms with Crippen LogP contribution in [0.2, 0.25) is 0 Å². The molecule has 0 unspecified atom stereocenters. The van der Waals surface area contributed by atoms with E-state index in [0.717, 1.165) is 31.4 Å². The van der Waals surface area contributed by atoms with E-state index in [4.69, 9.17) is 10.7 Å². The monoisotopic (exact) mass is 397 g/mol. The van der Waals surface area contributed by atoms with Gasteiger partial charge in [-0.25, -0.2) is 12.8 Å². The standard InChI is InChI=1S/C13H14BrClFNO3S/c1-2-5-17(8-3-4-8)13(18)9-6-12(21(15,19)20)11(16)7-10(9)14/h6-8H,2-5H2,1H3. The number of nitrogens with zero attached hydrogens (tertiary/aromatic N) is 1. The Labute approximate surface area is 135 Å². The molecular formula is C13H14BrClFNO3S. The van der Waals surface area contributed by atoms with Crippen molar-refractivity contribution in [3.05, 3.63) is 28.0 Å². The number of halogens is 3. The van der Waals surface area contributed by atoms with E-state index < -0.39 is 19.8 Å². The molecule has 21 heavy (non-hydrogen) atoms. The zero-order valence-corrected chi connectivity index (χ0v) is 14.4. The van der Waals surface area contributed by atoms with E-state index >= 15 is 0 Å². The molecule has 0 atom stereocenters. The van der Waals surface area contributed by atoms with Gasteiger partial charge in [-0.3, -0.25) is 4.79 Å². The maximum Gasteiger partial charge on any atom is 0.264 e. The van der Waals surface area contributed by atoms with Crippen molar-refractivity contribution in [3.8, 4) is 0 Å². The lowest BCUT2D eigenvalue weighted by Gasteiger charge is -2.22. The second-order valence-electron chi connectivity index (χ2n) is 4.93. The maximum atomic E-state index is 13.7. The molecule has 0 spiro atoms. The van der Waals surface area contributed by atoms with E-state index in [0.29, 0.717) is 6.54 Å². The highest BCUT2D eigenvalue weighted by molar-refractivity contribution is 9.10. The summed E-state index contributed by atoms with van der Waals surface area (Å²) in [6.07, 6.45) is 2.66. The number of hydrogen-bond donors (Lipinski definition) is 0. The Morgan fingerprint density at radius 2 is 2.10 bits per heavy atom. The van der Waals surface area contributed by atoms with E-state index in [1.807, 2.05) is 6.92 Å². The number of amides is 1. The third kappa shape index (κ3) is 3.76. The van der Waals surface area contributed by atoms with Crippen molar-refractivity contribution in [2.75, 3.05) is 6.54 Å². The quantitative estimate of drug-likeness (QED) is 0.713. The number of rotatable bonds is 5. The van der Waals surface area contributed by atoms with Gasteiger partial charge in [0.25, 0.3) is 15.0 Å². The zero-order valence-electron chi connectivity index (χ0n) is 11.3. The van der Waals surface area contributed by atoms with Crippen LogP contribution >= 0.6 is 26.6 Å². The van der Waals surface area contributed by atoms with Crippen LogP contribution in [0.3, 0.4) is 0 Å². The SMILES string of the molecule is CCCN(C(=O)c1cc(S(=O)(=O)Cl)c(F)cc1Br)C1CC1. The summed E-state index contributed by atoms with van der Waals surface area (Å²) in [6.45, 7) is 2.54. The summed E-state index contributed by atoms with van der Waals surface area (Å²) >= 11 is 3.11. The van der Waals surface area contributed by atoms with Gasteiger partial charge in [-0.2, -0.15) is 0 Å². The van der Waals surface area contributed by atoms with Crippen LogP contribution in [0.1, 0.15) is 36.5 Å². The molecule has 0 aromatic heterocycles. The average molecular weight is 399 g/mol. The second-order valence-corrected chi connectivity index (χ2v) is 8.32. The van der Waals surface area contributed by atoms with Crippen LogP contribution in [0, 0.1) is 5.82 Å². The molecule has 1 fully saturated rings. The van der Waals surface area contributed by atoms with Gasteiger partial charge >= 0.3 is 0 Å². The molecule has 8 heteroatoms. The molecule has 4 nitrogen and oxygen atoms in total. The highest BCUT2D eigenvalue weighted by Crippen LogP contribution is 2.32. The van der Waals surface area contributed by atoms with Gasteiger partial charge in [0.05, 0.1) is 5.56 Å². The minimum absolute atomic E-state index is 0.107. The summed E-state index contributed by atoms with van der Waals surface area (Å²) < 4.78 is 36.6. The predicted octanol–water partition coefficient (Wildman–Crippen LogP) is 3.53. The summed E-state index contributed by atoms with van der Waals surface area (Å²) in [7, 11) is 0.957. The fourth-order valence-electron chi connectivity index (χ4n) is 2.11. The lowest BCUT2D eigenvalue weighted by atomic mass is 10.2. The molecule has 0 radical (unpaired) electrons. The number of carbonyl (C=O) groups is 1. The predicted molar refractivity (Wildman–Crippen MR) is 81.5 cm³/mol. The molecule has 116 valence electrons. The van der Waals surface area contributed by atoms with Crippen molar-refractivity contribution in [2.24, 2.45) is 0 Å². The van der Waals surface area contributed by atoms with E-state index in [1.165, 1.54) is 0 Å². The van der Waals surface area contributed by atoms with Gasteiger partial charge in [0.15, 0.2) is 0 Å². The van der Waals surface area contributed by atoms with Crippen LogP contribution in [0.4, 0.5) is 4.39 Å². The second kappa shape index (κ2) is 6.22. The molecular weight excluding hydrogens is 385 g/mol. The van der Waals surface area contributed by atoms with Crippen LogP contribution in [0.15, 0.2) is 21.5 Å². The topological polar surface area (TPSA) is 54.5 Å². The van der Waals surface area contributed by atoms with Crippen LogP contribution in [-0.4, -0.2) is 31.8 Å². The van der Waals surface area contributed by atoms with Crippen LogP contribution < -0.4 is 0 Å². The first-order valence-electron chi connectivity index (χ1n) is 6.50. The summed E-state index contributed by atoms with van der Waals surface area (Å²) in [5, 5.41) is 0. The Hall–Kier alpha value is -0.660. The Bertz CT molecular complexity index is 676. The molecule has 2 rings (SSSR count). The number of hydrogen-bond acceptors (Lipinski definition) is 3. The van der Waals surface area contributed by atoms with Gasteiger partial charge in [0.2, 0.25) is 0 Å². The van der Waals surface area contributed by atoms with Crippen molar-refractivity contribution in [1.82, 2.24) is 4.90 Å². The van der Waals surface area contributed by atoms with Gasteiger partial charge in [0, 0.05) is 27.7 Å². The summed E-state index contributed by atoms with van der Waals surface area (Å²) in [6, 6.07) is 2.14. The Morgan fingerprint density at radius 3 is 2.57 bits per heavy atom. The molecule has 1 aliphatic rings. The van der Waals surface area contributed by atoms with E-state index in [-0.39, 0.29) is 22.0 Å². The van der Waals surface area contributed by atoms with E-state index in [2.05, 4.69) is 15.9 Å². The molecule has 0 heterocycles. The third-order valence-electron chi connectivity index (χ3n) is 3.23. The fourth-order valence-corrected chi connectivity index (χ4v) is 3.50. The number of carbonyl (C=O) groups excluding carboxylic acids is 1. The summed E-state index contributed by atoms with van der Waals surface area (Å²) in [5.41, 5.74) is 0.107. The average Bonchev–Trinajstić information content (AvgIpc) is 3.17. The molecule has 1 amide bonds. The molecule has 0 aliphatic heterocycles. The molecule has 0 N–H and O–H groups in total.